The highest BCUT2D eigenvalue weighted by atomic mass is 16.6. The smallest absolute Gasteiger partial charge is 0.317 e. The van der Waals surface area contributed by atoms with Crippen molar-refractivity contribution in [3.8, 4) is 5.69 Å². The third-order valence-corrected chi connectivity index (χ3v) is 6.35. The molecule has 0 bridgehead atoms. The van der Waals surface area contributed by atoms with Gasteiger partial charge in [-0.3, -0.25) is 19.5 Å². The number of aromatic nitrogens is 2. The summed E-state index contributed by atoms with van der Waals surface area (Å²) in [5, 5.41) is 14.2. The second-order valence-electron chi connectivity index (χ2n) is 8.67. The van der Waals surface area contributed by atoms with E-state index in [4.69, 9.17) is 4.98 Å². The third kappa shape index (κ3) is 4.68. The molecule has 0 saturated heterocycles. The normalized spacial score (nSPS) is 11.8. The number of hydrogen-bond acceptors (Lipinski definition) is 5. The summed E-state index contributed by atoms with van der Waals surface area (Å²) in [6.45, 7) is 5.91. The van der Waals surface area contributed by atoms with Gasteiger partial charge in [-0.15, -0.1) is 0 Å². The van der Waals surface area contributed by atoms with Crippen LogP contribution in [0.1, 0.15) is 36.3 Å². The molecule has 0 aliphatic carbocycles. The molecule has 36 heavy (non-hydrogen) atoms. The van der Waals surface area contributed by atoms with Crippen molar-refractivity contribution in [2.24, 2.45) is 0 Å². The van der Waals surface area contributed by atoms with Crippen LogP contribution in [0.3, 0.4) is 0 Å². The quantitative estimate of drug-likeness (QED) is 0.285. The maximum absolute atomic E-state index is 13.7. The van der Waals surface area contributed by atoms with Gasteiger partial charge in [-0.2, -0.15) is 0 Å². The zero-order chi connectivity index (χ0) is 26.0. The molecule has 2 amide bonds. The maximum atomic E-state index is 13.7. The van der Waals surface area contributed by atoms with E-state index in [9.17, 15) is 19.7 Å². The molecule has 4 aromatic rings. The lowest BCUT2D eigenvalue weighted by molar-refractivity contribution is -0.384. The predicted octanol–water partition coefficient (Wildman–Crippen LogP) is 5.53. The molecule has 1 unspecified atom stereocenters. The van der Waals surface area contributed by atoms with Crippen LogP contribution in [0.2, 0.25) is 0 Å². The van der Waals surface area contributed by atoms with Crippen molar-refractivity contribution in [1.29, 1.82) is 0 Å². The van der Waals surface area contributed by atoms with Crippen LogP contribution in [0.15, 0.2) is 71.5 Å². The number of rotatable bonds is 6. The van der Waals surface area contributed by atoms with Gasteiger partial charge in [0.15, 0.2) is 0 Å². The fourth-order valence-corrected chi connectivity index (χ4v) is 4.14. The summed E-state index contributed by atoms with van der Waals surface area (Å²) in [5.74, 6) is 0.450. The molecule has 0 saturated carbocycles. The largest absolute Gasteiger partial charge is 0.322 e. The van der Waals surface area contributed by atoms with Crippen LogP contribution in [0.4, 0.5) is 16.2 Å². The fourth-order valence-electron chi connectivity index (χ4n) is 4.14. The van der Waals surface area contributed by atoms with Crippen LogP contribution in [0, 0.1) is 24.0 Å². The Morgan fingerprint density at radius 3 is 2.42 bits per heavy atom. The lowest BCUT2D eigenvalue weighted by Crippen LogP contribution is -2.38. The van der Waals surface area contributed by atoms with Gasteiger partial charge in [0.1, 0.15) is 5.82 Å². The first-order valence-electron chi connectivity index (χ1n) is 11.6. The number of nitrogens with zero attached hydrogens (tertiary/aromatic N) is 4. The number of para-hydroxylation sites is 1. The molecular formula is C27H27N5O4. The summed E-state index contributed by atoms with van der Waals surface area (Å²) < 4.78 is 1.58. The SMILES string of the molecule is CCC(c1nc2ccccc2c(=O)n1-c1ccc(C)c(C)c1)N(C)C(=O)Nc1ccc([N+](=O)[O-])cc1. The Kier molecular flexibility index (Phi) is 6.82. The number of benzene rings is 3. The molecule has 3 aromatic carbocycles. The number of non-ortho nitro benzene ring substituents is 1. The van der Waals surface area contributed by atoms with Crippen molar-refractivity contribution in [2.75, 3.05) is 12.4 Å². The van der Waals surface area contributed by atoms with Crippen molar-refractivity contribution in [3.63, 3.8) is 0 Å². The molecule has 1 N–H and O–H groups in total. The van der Waals surface area contributed by atoms with Gasteiger partial charge < -0.3 is 10.2 Å². The summed E-state index contributed by atoms with van der Waals surface area (Å²) in [6, 6.07) is 17.6. The molecule has 4 rings (SSSR count). The minimum absolute atomic E-state index is 0.0643. The highest BCUT2D eigenvalue weighted by Gasteiger charge is 2.27. The number of anilines is 1. The topological polar surface area (TPSA) is 110 Å². The van der Waals surface area contributed by atoms with E-state index in [2.05, 4.69) is 5.32 Å². The zero-order valence-electron chi connectivity index (χ0n) is 20.6. The van der Waals surface area contributed by atoms with Crippen LogP contribution >= 0.6 is 0 Å². The Morgan fingerprint density at radius 1 is 1.08 bits per heavy atom. The van der Waals surface area contributed by atoms with Gasteiger partial charge in [0.05, 0.1) is 27.6 Å². The van der Waals surface area contributed by atoms with E-state index in [1.807, 2.05) is 45.0 Å². The summed E-state index contributed by atoms with van der Waals surface area (Å²) >= 11 is 0. The monoisotopic (exact) mass is 485 g/mol. The number of hydrogen-bond donors (Lipinski definition) is 1. The first kappa shape index (κ1) is 24.6. The molecule has 1 heterocycles. The van der Waals surface area contributed by atoms with Crippen molar-refractivity contribution in [1.82, 2.24) is 14.5 Å². The number of carbonyl (C=O) groups is 1. The van der Waals surface area contributed by atoms with Crippen molar-refractivity contribution in [3.05, 3.63) is 104 Å². The second kappa shape index (κ2) is 9.99. The summed E-state index contributed by atoms with van der Waals surface area (Å²) in [7, 11) is 1.64. The van der Waals surface area contributed by atoms with E-state index in [1.165, 1.54) is 29.2 Å². The number of amides is 2. The Balaban J connectivity index is 1.78. The van der Waals surface area contributed by atoms with Crippen LogP contribution in [-0.2, 0) is 0 Å². The summed E-state index contributed by atoms with van der Waals surface area (Å²) in [6.07, 6.45) is 0.500. The molecule has 1 aromatic heterocycles. The first-order valence-corrected chi connectivity index (χ1v) is 11.6. The number of nitro benzene ring substituents is 1. The van der Waals surface area contributed by atoms with Crippen LogP contribution in [0.25, 0.3) is 16.6 Å². The van der Waals surface area contributed by atoms with E-state index in [-0.39, 0.29) is 11.2 Å². The van der Waals surface area contributed by atoms with Crippen LogP contribution in [-0.4, -0.2) is 32.5 Å². The van der Waals surface area contributed by atoms with E-state index < -0.39 is 17.0 Å². The lowest BCUT2D eigenvalue weighted by atomic mass is 10.1. The molecule has 0 spiro atoms. The maximum Gasteiger partial charge on any atom is 0.322 e. The molecule has 184 valence electrons. The third-order valence-electron chi connectivity index (χ3n) is 6.35. The standard InChI is InChI=1S/C27H27N5O4/c1-5-24(30(4)27(34)28-19-11-14-20(15-12-19)32(35)36)25-29-23-9-7-6-8-22(23)26(33)31(25)21-13-10-17(2)18(3)16-21/h6-16,24H,5H2,1-4H3,(H,28,34). The Labute approximate surface area is 208 Å². The molecule has 0 fully saturated rings. The molecular weight excluding hydrogens is 458 g/mol. The number of urea groups is 1. The first-order chi connectivity index (χ1) is 17.2. The average Bonchev–Trinajstić information content (AvgIpc) is 2.86. The average molecular weight is 486 g/mol. The lowest BCUT2D eigenvalue weighted by Gasteiger charge is -2.29. The second-order valence-corrected chi connectivity index (χ2v) is 8.67. The van der Waals surface area contributed by atoms with Crippen LogP contribution in [0.5, 0.6) is 0 Å². The molecule has 0 aliphatic rings. The zero-order valence-corrected chi connectivity index (χ0v) is 20.6. The Morgan fingerprint density at radius 2 is 1.78 bits per heavy atom. The van der Waals surface area contributed by atoms with Gasteiger partial charge in [-0.25, -0.2) is 9.78 Å². The molecule has 9 nitrogen and oxygen atoms in total. The number of carbonyl (C=O) groups excluding carboxylic acids is 1. The predicted molar refractivity (Wildman–Crippen MR) is 140 cm³/mol. The number of nitro groups is 1. The highest BCUT2D eigenvalue weighted by molar-refractivity contribution is 5.89. The molecule has 0 radical (unpaired) electrons. The van der Waals surface area contributed by atoms with Crippen molar-refractivity contribution in [2.45, 2.75) is 33.2 Å². The van der Waals surface area contributed by atoms with Gasteiger partial charge in [-0.1, -0.05) is 25.1 Å². The summed E-state index contributed by atoms with van der Waals surface area (Å²) in [4.78, 5) is 43.6. The Bertz CT molecular complexity index is 1510. The van der Waals surface area contributed by atoms with E-state index in [1.54, 1.807) is 29.8 Å². The van der Waals surface area contributed by atoms with Crippen molar-refractivity contribution >= 4 is 28.3 Å². The summed E-state index contributed by atoms with van der Waals surface area (Å²) in [5.41, 5.74) is 3.53. The van der Waals surface area contributed by atoms with Gasteiger partial charge in [0.25, 0.3) is 11.2 Å². The molecule has 1 atom stereocenters. The van der Waals surface area contributed by atoms with Gasteiger partial charge >= 0.3 is 6.03 Å². The van der Waals surface area contributed by atoms with Crippen LogP contribution < -0.4 is 10.9 Å². The molecule has 0 aliphatic heterocycles. The number of fused-ring (bicyclic) bond motifs is 1. The van der Waals surface area contributed by atoms with E-state index in [0.717, 1.165) is 11.1 Å². The Hall–Kier alpha value is -4.53. The minimum Gasteiger partial charge on any atom is -0.317 e. The minimum atomic E-state index is -0.526. The van der Waals surface area contributed by atoms with E-state index >= 15 is 0 Å². The van der Waals surface area contributed by atoms with Gasteiger partial charge in [0, 0.05) is 24.9 Å². The molecule has 9 heteroatoms. The van der Waals surface area contributed by atoms with Gasteiger partial charge in [0.2, 0.25) is 0 Å². The van der Waals surface area contributed by atoms with Crippen molar-refractivity contribution < 1.29 is 9.72 Å². The highest BCUT2D eigenvalue weighted by Crippen LogP contribution is 2.26. The fraction of sp³-hybridized carbons (Fsp3) is 0.222. The van der Waals surface area contributed by atoms with E-state index in [0.29, 0.717) is 34.5 Å². The van der Waals surface area contributed by atoms with Gasteiger partial charge in [-0.05, 0) is 67.8 Å². The number of aryl methyl sites for hydroxylation is 2. The number of nitrogens with one attached hydrogen (secondary N) is 1.